The lowest BCUT2D eigenvalue weighted by molar-refractivity contribution is 0.194. The average molecular weight is 208 g/mol. The van der Waals surface area contributed by atoms with Crippen molar-refractivity contribution in [2.75, 3.05) is 26.7 Å². The van der Waals surface area contributed by atoms with Crippen LogP contribution in [0.3, 0.4) is 0 Å². The Hall–Kier alpha value is -0.870. The normalized spacial score (nSPS) is 22.1. The fourth-order valence-corrected chi connectivity index (χ4v) is 2.09. The minimum absolute atomic E-state index is 0.703. The van der Waals surface area contributed by atoms with Crippen LogP contribution in [0.4, 0.5) is 0 Å². The van der Waals surface area contributed by atoms with Gasteiger partial charge in [0, 0.05) is 31.5 Å². The van der Waals surface area contributed by atoms with Gasteiger partial charge in [-0.3, -0.25) is 4.68 Å². The van der Waals surface area contributed by atoms with Gasteiger partial charge in [-0.25, -0.2) is 0 Å². The zero-order valence-electron chi connectivity index (χ0n) is 9.39. The summed E-state index contributed by atoms with van der Waals surface area (Å²) in [7, 11) is 2.21. The van der Waals surface area contributed by atoms with Crippen molar-refractivity contribution in [1.29, 1.82) is 0 Å². The molecular formula is C11H20N4. The number of hydrogen-bond acceptors (Lipinski definition) is 3. The van der Waals surface area contributed by atoms with Crippen molar-refractivity contribution >= 4 is 0 Å². The summed E-state index contributed by atoms with van der Waals surface area (Å²) >= 11 is 0. The van der Waals surface area contributed by atoms with Crippen molar-refractivity contribution in [3.8, 4) is 0 Å². The highest BCUT2D eigenvalue weighted by atomic mass is 15.3. The van der Waals surface area contributed by atoms with Gasteiger partial charge < -0.3 is 10.2 Å². The largest absolute Gasteiger partial charge is 0.315 e. The number of rotatable bonds is 4. The second-order valence-electron chi connectivity index (χ2n) is 4.25. The van der Waals surface area contributed by atoms with E-state index in [0.29, 0.717) is 6.04 Å². The van der Waals surface area contributed by atoms with E-state index in [1.54, 1.807) is 0 Å². The van der Waals surface area contributed by atoms with Crippen molar-refractivity contribution in [3.63, 3.8) is 0 Å². The molecule has 0 bridgehead atoms. The lowest BCUT2D eigenvalue weighted by Gasteiger charge is -2.31. The van der Waals surface area contributed by atoms with Gasteiger partial charge in [0.1, 0.15) is 0 Å². The lowest BCUT2D eigenvalue weighted by Crippen LogP contribution is -2.45. The zero-order chi connectivity index (χ0) is 10.5. The number of likely N-dealkylation sites (N-methyl/N-ethyl adjacent to an activating group) is 1. The highest BCUT2D eigenvalue weighted by Gasteiger charge is 2.16. The molecule has 1 aliphatic heterocycles. The van der Waals surface area contributed by atoms with E-state index in [9.17, 15) is 0 Å². The molecule has 1 fully saturated rings. The molecule has 1 unspecified atom stereocenters. The maximum atomic E-state index is 4.21. The standard InChI is InChI=1S/C11H20N4/c1-14(11-4-2-5-12-10-11)8-9-15-7-3-6-13-15/h3,6-7,11-12H,2,4-5,8-10H2,1H3. The van der Waals surface area contributed by atoms with Crippen LogP contribution >= 0.6 is 0 Å². The van der Waals surface area contributed by atoms with Gasteiger partial charge >= 0.3 is 0 Å². The Morgan fingerprint density at radius 3 is 3.20 bits per heavy atom. The van der Waals surface area contributed by atoms with Crippen molar-refractivity contribution in [3.05, 3.63) is 18.5 Å². The van der Waals surface area contributed by atoms with Crippen LogP contribution in [0, 0.1) is 0 Å². The summed E-state index contributed by atoms with van der Waals surface area (Å²) < 4.78 is 1.99. The Labute approximate surface area is 91.3 Å². The molecule has 15 heavy (non-hydrogen) atoms. The van der Waals surface area contributed by atoms with Crippen molar-refractivity contribution in [1.82, 2.24) is 20.0 Å². The Kier molecular flexibility index (Phi) is 3.75. The van der Waals surface area contributed by atoms with E-state index in [2.05, 4.69) is 22.4 Å². The predicted molar refractivity (Wildman–Crippen MR) is 60.7 cm³/mol. The molecule has 1 atom stereocenters. The number of aromatic nitrogens is 2. The molecule has 4 nitrogen and oxygen atoms in total. The third-order valence-electron chi connectivity index (χ3n) is 3.14. The van der Waals surface area contributed by atoms with Crippen molar-refractivity contribution in [2.24, 2.45) is 0 Å². The minimum Gasteiger partial charge on any atom is -0.315 e. The van der Waals surface area contributed by atoms with Crippen LogP contribution in [0.15, 0.2) is 18.5 Å². The molecule has 1 aromatic rings. The summed E-state index contributed by atoms with van der Waals surface area (Å²) in [6, 6.07) is 2.68. The molecule has 1 N–H and O–H groups in total. The van der Waals surface area contributed by atoms with Gasteiger partial charge in [0.25, 0.3) is 0 Å². The smallest absolute Gasteiger partial charge is 0.0536 e. The fraction of sp³-hybridized carbons (Fsp3) is 0.727. The van der Waals surface area contributed by atoms with Crippen LogP contribution in [0.2, 0.25) is 0 Å². The maximum Gasteiger partial charge on any atom is 0.0536 e. The summed E-state index contributed by atoms with van der Waals surface area (Å²) in [6.07, 6.45) is 6.48. The fourth-order valence-electron chi connectivity index (χ4n) is 2.09. The van der Waals surface area contributed by atoms with Crippen LogP contribution in [-0.4, -0.2) is 47.4 Å². The molecule has 2 rings (SSSR count). The van der Waals surface area contributed by atoms with Gasteiger partial charge in [-0.15, -0.1) is 0 Å². The molecule has 0 radical (unpaired) electrons. The minimum atomic E-state index is 0.703. The summed E-state index contributed by atoms with van der Waals surface area (Å²) in [5.41, 5.74) is 0. The van der Waals surface area contributed by atoms with Gasteiger partial charge in [0.2, 0.25) is 0 Å². The molecule has 1 aliphatic rings. The highest BCUT2D eigenvalue weighted by molar-refractivity contribution is 4.79. The first-order valence-electron chi connectivity index (χ1n) is 5.74. The Morgan fingerprint density at radius 2 is 2.53 bits per heavy atom. The molecule has 1 aromatic heterocycles. The SMILES string of the molecule is CN(CCn1cccn1)C1CCCNC1. The van der Waals surface area contributed by atoms with Gasteiger partial charge in [0.05, 0.1) is 6.54 Å². The van der Waals surface area contributed by atoms with Crippen molar-refractivity contribution in [2.45, 2.75) is 25.4 Å². The van der Waals surface area contributed by atoms with E-state index in [1.807, 2.05) is 23.1 Å². The van der Waals surface area contributed by atoms with E-state index in [-0.39, 0.29) is 0 Å². The Morgan fingerprint density at radius 1 is 1.60 bits per heavy atom. The second kappa shape index (κ2) is 5.28. The number of nitrogens with zero attached hydrogens (tertiary/aromatic N) is 3. The predicted octanol–water partition coefficient (Wildman–Crippen LogP) is 0.567. The average Bonchev–Trinajstić information content (AvgIpc) is 2.80. The molecule has 0 aromatic carbocycles. The first kappa shape index (κ1) is 10.6. The third kappa shape index (κ3) is 3.04. The lowest BCUT2D eigenvalue weighted by atomic mass is 10.1. The van der Waals surface area contributed by atoms with E-state index < -0.39 is 0 Å². The van der Waals surface area contributed by atoms with Crippen molar-refractivity contribution < 1.29 is 0 Å². The molecule has 0 saturated carbocycles. The maximum absolute atomic E-state index is 4.21. The molecule has 2 heterocycles. The van der Waals surface area contributed by atoms with Crippen LogP contribution in [0.5, 0.6) is 0 Å². The van der Waals surface area contributed by atoms with Gasteiger partial charge in [-0.1, -0.05) is 0 Å². The topological polar surface area (TPSA) is 33.1 Å². The monoisotopic (exact) mass is 208 g/mol. The molecule has 0 spiro atoms. The Bertz CT molecular complexity index is 264. The van der Waals surface area contributed by atoms with E-state index >= 15 is 0 Å². The summed E-state index contributed by atoms with van der Waals surface area (Å²) in [4.78, 5) is 2.44. The first-order chi connectivity index (χ1) is 7.36. The molecule has 0 aliphatic carbocycles. The molecule has 0 amide bonds. The quantitative estimate of drug-likeness (QED) is 0.785. The van der Waals surface area contributed by atoms with Crippen LogP contribution < -0.4 is 5.32 Å². The van der Waals surface area contributed by atoms with Crippen LogP contribution in [0.1, 0.15) is 12.8 Å². The number of nitrogens with one attached hydrogen (secondary N) is 1. The summed E-state index contributed by atoms with van der Waals surface area (Å²) in [5, 5.41) is 7.65. The summed E-state index contributed by atoms with van der Waals surface area (Å²) in [6.45, 7) is 4.38. The van der Waals surface area contributed by atoms with E-state index in [0.717, 1.165) is 19.6 Å². The van der Waals surface area contributed by atoms with Crippen LogP contribution in [-0.2, 0) is 6.54 Å². The van der Waals surface area contributed by atoms with Crippen LogP contribution in [0.25, 0.3) is 0 Å². The van der Waals surface area contributed by atoms with Gasteiger partial charge in [-0.2, -0.15) is 5.10 Å². The number of hydrogen-bond donors (Lipinski definition) is 1. The third-order valence-corrected chi connectivity index (χ3v) is 3.14. The molecule has 4 heteroatoms. The molecular weight excluding hydrogens is 188 g/mol. The number of piperidine rings is 1. The second-order valence-corrected chi connectivity index (χ2v) is 4.25. The van der Waals surface area contributed by atoms with E-state index in [1.165, 1.54) is 19.4 Å². The zero-order valence-corrected chi connectivity index (χ0v) is 9.39. The van der Waals surface area contributed by atoms with E-state index in [4.69, 9.17) is 0 Å². The van der Waals surface area contributed by atoms with Gasteiger partial charge in [0.15, 0.2) is 0 Å². The summed E-state index contributed by atoms with van der Waals surface area (Å²) in [5.74, 6) is 0. The first-order valence-corrected chi connectivity index (χ1v) is 5.74. The Balaban J connectivity index is 1.74. The molecule has 84 valence electrons. The molecule has 1 saturated heterocycles. The highest BCUT2D eigenvalue weighted by Crippen LogP contribution is 2.07. The van der Waals surface area contributed by atoms with Gasteiger partial charge in [-0.05, 0) is 32.5 Å².